The molecule has 0 aliphatic carbocycles. The summed E-state index contributed by atoms with van der Waals surface area (Å²) in [4.78, 5) is 0. The van der Waals surface area contributed by atoms with Gasteiger partial charge in [-0.2, -0.15) is 0 Å². The van der Waals surface area contributed by atoms with Crippen molar-refractivity contribution >= 4 is 17.6 Å². The molecule has 3 atom stereocenters. The van der Waals surface area contributed by atoms with E-state index in [1.54, 1.807) is 6.92 Å². The molecule has 5 nitrogen and oxygen atoms in total. The summed E-state index contributed by atoms with van der Waals surface area (Å²) >= 11 is 5.81. The van der Waals surface area contributed by atoms with Gasteiger partial charge in [-0.15, -0.1) is 16.7 Å². The van der Waals surface area contributed by atoms with Crippen LogP contribution in [0.5, 0.6) is 0 Å². The van der Waals surface area contributed by atoms with E-state index in [2.05, 4.69) is 15.5 Å². The second-order valence-corrected chi connectivity index (χ2v) is 4.33. The van der Waals surface area contributed by atoms with E-state index in [0.717, 1.165) is 13.0 Å². The molecule has 1 fully saturated rings. The summed E-state index contributed by atoms with van der Waals surface area (Å²) in [6.07, 6.45) is 1.13. The number of anilines is 1. The number of ether oxygens (including phenoxy) is 1. The summed E-state index contributed by atoms with van der Waals surface area (Å²) in [5.41, 5.74) is 0. The van der Waals surface area contributed by atoms with Crippen molar-refractivity contribution in [2.75, 3.05) is 11.9 Å². The molecular weight excluding hydrogens is 218 g/mol. The lowest BCUT2D eigenvalue weighted by molar-refractivity contribution is 0.121. The van der Waals surface area contributed by atoms with Crippen LogP contribution in [0.1, 0.15) is 31.5 Å². The molecule has 1 aromatic heterocycles. The number of hydrogen-bond donors (Lipinski definition) is 1. The molecule has 84 valence electrons. The fourth-order valence-electron chi connectivity index (χ4n) is 1.53. The van der Waals surface area contributed by atoms with Gasteiger partial charge in [0.25, 0.3) is 0 Å². The molecule has 0 radical (unpaired) electrons. The topological polar surface area (TPSA) is 60.2 Å². The van der Waals surface area contributed by atoms with Crippen LogP contribution >= 0.6 is 11.6 Å². The minimum absolute atomic E-state index is 0.175. The van der Waals surface area contributed by atoms with E-state index in [0.29, 0.717) is 11.9 Å². The van der Waals surface area contributed by atoms with Crippen molar-refractivity contribution in [2.45, 2.75) is 37.8 Å². The Hall–Kier alpha value is -0.810. The molecule has 6 heteroatoms. The second-order valence-electron chi connectivity index (χ2n) is 3.68. The lowest BCUT2D eigenvalue weighted by Crippen LogP contribution is -2.26. The van der Waals surface area contributed by atoms with Crippen molar-refractivity contribution in [3.8, 4) is 0 Å². The molecule has 1 aliphatic rings. The Morgan fingerprint density at radius 2 is 2.33 bits per heavy atom. The predicted octanol–water partition coefficient (Wildman–Crippen LogP) is 1.96. The molecule has 1 aromatic rings. The van der Waals surface area contributed by atoms with Crippen molar-refractivity contribution in [1.82, 2.24) is 10.2 Å². The van der Waals surface area contributed by atoms with Crippen molar-refractivity contribution in [1.29, 1.82) is 0 Å². The van der Waals surface area contributed by atoms with Gasteiger partial charge in [-0.25, -0.2) is 0 Å². The van der Waals surface area contributed by atoms with Crippen molar-refractivity contribution in [2.24, 2.45) is 0 Å². The number of nitrogens with zero attached hydrogens (tertiary/aromatic N) is 2. The second kappa shape index (κ2) is 4.37. The molecule has 0 amide bonds. The zero-order valence-electron chi connectivity index (χ0n) is 8.74. The highest BCUT2D eigenvalue weighted by Gasteiger charge is 2.25. The summed E-state index contributed by atoms with van der Waals surface area (Å²) in [6, 6.07) is 0.656. The Bertz CT molecular complexity index is 329. The molecular formula is C9H14ClN3O2. The fraction of sp³-hybridized carbons (Fsp3) is 0.778. The Morgan fingerprint density at radius 3 is 2.87 bits per heavy atom. The first-order valence-corrected chi connectivity index (χ1v) is 5.46. The summed E-state index contributed by atoms with van der Waals surface area (Å²) in [5.74, 6) is 0.436. The van der Waals surface area contributed by atoms with Crippen LogP contribution < -0.4 is 5.32 Å². The Morgan fingerprint density at radius 1 is 1.53 bits per heavy atom. The van der Waals surface area contributed by atoms with Crippen LogP contribution in [0.3, 0.4) is 0 Å². The van der Waals surface area contributed by atoms with Gasteiger partial charge in [-0.05, 0) is 20.3 Å². The van der Waals surface area contributed by atoms with E-state index < -0.39 is 0 Å². The summed E-state index contributed by atoms with van der Waals surface area (Å²) in [6.45, 7) is 4.58. The van der Waals surface area contributed by atoms with Crippen LogP contribution in [-0.4, -0.2) is 29.0 Å². The molecule has 0 spiro atoms. The third-order valence-electron chi connectivity index (χ3n) is 2.47. The van der Waals surface area contributed by atoms with E-state index in [1.165, 1.54) is 0 Å². The predicted molar refractivity (Wildman–Crippen MR) is 56.0 cm³/mol. The Balaban J connectivity index is 1.98. The van der Waals surface area contributed by atoms with E-state index >= 15 is 0 Å². The Labute approximate surface area is 93.1 Å². The van der Waals surface area contributed by atoms with Gasteiger partial charge < -0.3 is 14.5 Å². The maximum absolute atomic E-state index is 5.81. The highest BCUT2D eigenvalue weighted by molar-refractivity contribution is 6.20. The molecule has 1 saturated heterocycles. The first-order valence-electron chi connectivity index (χ1n) is 5.02. The fourth-order valence-corrected chi connectivity index (χ4v) is 1.62. The van der Waals surface area contributed by atoms with Gasteiger partial charge >= 0.3 is 6.01 Å². The smallest absolute Gasteiger partial charge is 0.315 e. The van der Waals surface area contributed by atoms with Crippen molar-refractivity contribution < 1.29 is 9.15 Å². The van der Waals surface area contributed by atoms with E-state index in [9.17, 15) is 0 Å². The Kier molecular flexibility index (Phi) is 3.11. The normalized spacial score (nSPS) is 27.9. The quantitative estimate of drug-likeness (QED) is 0.806. The number of hydrogen-bond acceptors (Lipinski definition) is 5. The molecule has 3 unspecified atom stereocenters. The zero-order valence-corrected chi connectivity index (χ0v) is 9.49. The lowest BCUT2D eigenvalue weighted by atomic mass is 10.2. The minimum Gasteiger partial charge on any atom is -0.406 e. The lowest BCUT2D eigenvalue weighted by Gasteiger charge is -2.13. The van der Waals surface area contributed by atoms with Crippen LogP contribution in [-0.2, 0) is 4.74 Å². The molecule has 0 bridgehead atoms. The van der Waals surface area contributed by atoms with Crippen LogP contribution in [0.2, 0.25) is 0 Å². The number of alkyl halides is 1. The number of nitrogens with one attached hydrogen (secondary N) is 1. The van der Waals surface area contributed by atoms with Crippen LogP contribution in [0, 0.1) is 0 Å². The summed E-state index contributed by atoms with van der Waals surface area (Å²) in [7, 11) is 0. The van der Waals surface area contributed by atoms with Crippen molar-refractivity contribution in [3.05, 3.63) is 5.89 Å². The average Bonchev–Trinajstić information content (AvgIpc) is 2.77. The van der Waals surface area contributed by atoms with E-state index in [-0.39, 0.29) is 17.5 Å². The number of halogens is 1. The first-order chi connectivity index (χ1) is 7.16. The molecule has 15 heavy (non-hydrogen) atoms. The van der Waals surface area contributed by atoms with Gasteiger partial charge in [-0.3, -0.25) is 0 Å². The average molecular weight is 232 g/mol. The standard InChI is InChI=1S/C9H14ClN3O2/c1-5(10)8-12-13-9(15-8)11-7-3-4-14-6(7)2/h5-7H,3-4H2,1-2H3,(H,11,13). The zero-order chi connectivity index (χ0) is 10.8. The molecule has 0 aromatic carbocycles. The molecule has 1 aliphatic heterocycles. The summed E-state index contributed by atoms with van der Waals surface area (Å²) in [5, 5.41) is 10.6. The highest BCUT2D eigenvalue weighted by Crippen LogP contribution is 2.22. The summed E-state index contributed by atoms with van der Waals surface area (Å²) < 4.78 is 10.7. The van der Waals surface area contributed by atoms with Crippen molar-refractivity contribution in [3.63, 3.8) is 0 Å². The van der Waals surface area contributed by atoms with Crippen LogP contribution in [0.25, 0.3) is 0 Å². The SMILES string of the molecule is CC(Cl)c1nnc(NC2CCOC2C)o1. The monoisotopic (exact) mass is 231 g/mol. The highest BCUT2D eigenvalue weighted by atomic mass is 35.5. The van der Waals surface area contributed by atoms with E-state index in [1.807, 2.05) is 6.92 Å². The van der Waals surface area contributed by atoms with Crippen LogP contribution in [0.4, 0.5) is 6.01 Å². The van der Waals surface area contributed by atoms with E-state index in [4.69, 9.17) is 20.8 Å². The van der Waals surface area contributed by atoms with Gasteiger partial charge in [0.2, 0.25) is 5.89 Å². The molecule has 2 rings (SSSR count). The third-order valence-corrected chi connectivity index (χ3v) is 2.65. The van der Waals surface area contributed by atoms with Gasteiger partial charge in [0.1, 0.15) is 5.38 Å². The molecule has 2 heterocycles. The first kappa shape index (κ1) is 10.7. The van der Waals surface area contributed by atoms with Gasteiger partial charge in [0, 0.05) is 6.61 Å². The number of rotatable bonds is 3. The largest absolute Gasteiger partial charge is 0.406 e. The van der Waals surface area contributed by atoms with Gasteiger partial charge in [-0.1, -0.05) is 5.10 Å². The third kappa shape index (κ3) is 2.41. The molecule has 1 N–H and O–H groups in total. The van der Waals surface area contributed by atoms with Gasteiger partial charge in [0.15, 0.2) is 0 Å². The van der Waals surface area contributed by atoms with Gasteiger partial charge in [0.05, 0.1) is 12.1 Å². The van der Waals surface area contributed by atoms with Crippen LogP contribution in [0.15, 0.2) is 4.42 Å². The maximum Gasteiger partial charge on any atom is 0.315 e. The molecule has 0 saturated carbocycles. The minimum atomic E-state index is -0.259. The number of aromatic nitrogens is 2. The maximum atomic E-state index is 5.81.